The number of rotatable bonds is 5. The summed E-state index contributed by atoms with van der Waals surface area (Å²) in [5.41, 5.74) is -0.0458. The summed E-state index contributed by atoms with van der Waals surface area (Å²) >= 11 is 0. The molecule has 0 aliphatic rings. The third kappa shape index (κ3) is 4.40. The van der Waals surface area contributed by atoms with Gasteiger partial charge in [0.1, 0.15) is 5.54 Å². The average molecular weight is 312 g/mol. The number of benzene rings is 2. The molecule has 2 aromatic carbocycles. The van der Waals surface area contributed by atoms with Gasteiger partial charge < -0.3 is 15.7 Å². The molecule has 0 bridgehead atoms. The monoisotopic (exact) mass is 312 g/mol. The first-order valence-corrected chi connectivity index (χ1v) is 7.32. The van der Waals surface area contributed by atoms with E-state index in [0.29, 0.717) is 11.3 Å². The van der Waals surface area contributed by atoms with Crippen LogP contribution in [0, 0.1) is 0 Å². The Hall–Kier alpha value is -2.66. The molecule has 23 heavy (non-hydrogen) atoms. The normalized spacial score (nSPS) is 12.3. The summed E-state index contributed by atoms with van der Waals surface area (Å²) < 4.78 is 0. The van der Waals surface area contributed by atoms with Crippen LogP contribution >= 0.6 is 0 Å². The summed E-state index contributed by atoms with van der Waals surface area (Å²) in [6.07, 6.45) is -1.32. The Morgan fingerprint density at radius 1 is 0.957 bits per heavy atom. The number of carbonyl (C=O) groups is 2. The van der Waals surface area contributed by atoms with Gasteiger partial charge in [0, 0.05) is 5.69 Å². The van der Waals surface area contributed by atoms with Crippen molar-refractivity contribution in [3.05, 3.63) is 66.2 Å². The van der Waals surface area contributed by atoms with Gasteiger partial charge in [-0.25, -0.2) is 0 Å². The lowest BCUT2D eigenvalue weighted by Crippen LogP contribution is -2.53. The highest BCUT2D eigenvalue weighted by atomic mass is 16.3. The van der Waals surface area contributed by atoms with E-state index in [1.54, 1.807) is 68.4 Å². The van der Waals surface area contributed by atoms with E-state index in [4.69, 9.17) is 0 Å². The van der Waals surface area contributed by atoms with E-state index >= 15 is 0 Å². The van der Waals surface area contributed by atoms with Gasteiger partial charge in [0.15, 0.2) is 6.10 Å². The van der Waals surface area contributed by atoms with Crippen LogP contribution < -0.4 is 10.6 Å². The second-order valence-corrected chi connectivity index (χ2v) is 5.75. The summed E-state index contributed by atoms with van der Waals surface area (Å²) in [6.45, 7) is 3.17. The number of hydrogen-bond donors (Lipinski definition) is 3. The van der Waals surface area contributed by atoms with Crippen LogP contribution in [0.4, 0.5) is 5.69 Å². The maximum absolute atomic E-state index is 12.3. The Kier molecular flexibility index (Phi) is 5.13. The van der Waals surface area contributed by atoms with Crippen LogP contribution in [0.1, 0.15) is 25.5 Å². The number of nitrogens with one attached hydrogen (secondary N) is 2. The highest BCUT2D eigenvalue weighted by molar-refractivity contribution is 6.00. The van der Waals surface area contributed by atoms with Gasteiger partial charge in [-0.2, -0.15) is 0 Å². The van der Waals surface area contributed by atoms with Crippen LogP contribution in [0.25, 0.3) is 0 Å². The van der Waals surface area contributed by atoms with Crippen LogP contribution in [0.3, 0.4) is 0 Å². The molecular formula is C18H20N2O3. The molecule has 0 heterocycles. The summed E-state index contributed by atoms with van der Waals surface area (Å²) in [5, 5.41) is 15.4. The maximum atomic E-state index is 12.3. The fourth-order valence-electron chi connectivity index (χ4n) is 2.03. The molecule has 0 aromatic heterocycles. The van der Waals surface area contributed by atoms with Crippen LogP contribution in [0.15, 0.2) is 60.7 Å². The van der Waals surface area contributed by atoms with Crippen LogP contribution in [-0.4, -0.2) is 22.5 Å². The van der Waals surface area contributed by atoms with E-state index in [0.717, 1.165) is 0 Å². The Labute approximate surface area is 135 Å². The average Bonchev–Trinajstić information content (AvgIpc) is 2.55. The molecular weight excluding hydrogens is 292 g/mol. The topological polar surface area (TPSA) is 78.4 Å². The standard InChI is InChI=1S/C18H20N2O3/c1-18(2,17(23)19-14-11-7-4-8-12-14)20-16(22)15(21)13-9-5-3-6-10-13/h3-12,15,21H,1-2H3,(H,19,23)(H,20,22)/t15-/m1/s1. The van der Waals surface area contributed by atoms with E-state index in [-0.39, 0.29) is 5.91 Å². The molecule has 5 heteroatoms. The fraction of sp³-hybridized carbons (Fsp3) is 0.222. The Balaban J connectivity index is 2.02. The van der Waals surface area contributed by atoms with Crippen molar-refractivity contribution >= 4 is 17.5 Å². The summed E-state index contributed by atoms with van der Waals surface area (Å²) in [4.78, 5) is 24.5. The number of aliphatic hydroxyl groups excluding tert-OH is 1. The second-order valence-electron chi connectivity index (χ2n) is 5.75. The van der Waals surface area contributed by atoms with Crippen molar-refractivity contribution in [3.63, 3.8) is 0 Å². The predicted molar refractivity (Wildman–Crippen MR) is 88.7 cm³/mol. The third-order valence-electron chi connectivity index (χ3n) is 3.40. The molecule has 3 N–H and O–H groups in total. The number of hydrogen-bond acceptors (Lipinski definition) is 3. The molecule has 0 aliphatic heterocycles. The smallest absolute Gasteiger partial charge is 0.254 e. The minimum Gasteiger partial charge on any atom is -0.378 e. The van der Waals surface area contributed by atoms with Crippen molar-refractivity contribution in [2.75, 3.05) is 5.32 Å². The van der Waals surface area contributed by atoms with Crippen molar-refractivity contribution in [1.82, 2.24) is 5.32 Å². The molecule has 0 aliphatic carbocycles. The fourth-order valence-corrected chi connectivity index (χ4v) is 2.03. The zero-order chi connectivity index (χ0) is 16.9. The lowest BCUT2D eigenvalue weighted by molar-refractivity contribution is -0.135. The molecule has 0 saturated heterocycles. The van der Waals surface area contributed by atoms with Crippen LogP contribution in [-0.2, 0) is 9.59 Å². The largest absolute Gasteiger partial charge is 0.378 e. The molecule has 0 unspecified atom stereocenters. The predicted octanol–water partition coefficient (Wildman–Crippen LogP) is 2.25. The highest BCUT2D eigenvalue weighted by Gasteiger charge is 2.32. The number of para-hydroxylation sites is 1. The van der Waals surface area contributed by atoms with Gasteiger partial charge in [-0.3, -0.25) is 9.59 Å². The minimum absolute atomic E-state index is 0.364. The van der Waals surface area contributed by atoms with Crippen molar-refractivity contribution in [2.45, 2.75) is 25.5 Å². The van der Waals surface area contributed by atoms with Gasteiger partial charge in [0.05, 0.1) is 0 Å². The summed E-state index contributed by atoms with van der Waals surface area (Å²) in [6, 6.07) is 17.6. The zero-order valence-electron chi connectivity index (χ0n) is 13.1. The van der Waals surface area contributed by atoms with Gasteiger partial charge in [0.25, 0.3) is 5.91 Å². The van der Waals surface area contributed by atoms with Crippen LogP contribution in [0.5, 0.6) is 0 Å². The Morgan fingerprint density at radius 3 is 2.04 bits per heavy atom. The van der Waals surface area contributed by atoms with E-state index < -0.39 is 17.6 Å². The Bertz CT molecular complexity index is 669. The van der Waals surface area contributed by atoms with Gasteiger partial charge in [-0.05, 0) is 31.5 Å². The van der Waals surface area contributed by atoms with E-state index in [9.17, 15) is 14.7 Å². The first-order chi connectivity index (χ1) is 10.9. The number of anilines is 1. The molecule has 0 saturated carbocycles. The minimum atomic E-state index is -1.32. The molecule has 2 aromatic rings. The molecule has 0 spiro atoms. The van der Waals surface area contributed by atoms with Gasteiger partial charge in [0.2, 0.25) is 5.91 Å². The number of aliphatic hydroxyl groups is 1. The van der Waals surface area contributed by atoms with E-state index in [1.165, 1.54) is 0 Å². The van der Waals surface area contributed by atoms with Crippen molar-refractivity contribution in [3.8, 4) is 0 Å². The molecule has 2 rings (SSSR count). The quantitative estimate of drug-likeness (QED) is 0.792. The zero-order valence-corrected chi connectivity index (χ0v) is 13.1. The van der Waals surface area contributed by atoms with Gasteiger partial charge in [-0.15, -0.1) is 0 Å². The molecule has 0 fully saturated rings. The lowest BCUT2D eigenvalue weighted by atomic mass is 10.0. The highest BCUT2D eigenvalue weighted by Crippen LogP contribution is 2.15. The number of amides is 2. The molecule has 0 radical (unpaired) electrons. The van der Waals surface area contributed by atoms with Gasteiger partial charge in [-0.1, -0.05) is 48.5 Å². The maximum Gasteiger partial charge on any atom is 0.254 e. The van der Waals surface area contributed by atoms with Crippen LogP contribution in [0.2, 0.25) is 0 Å². The summed E-state index contributed by atoms with van der Waals surface area (Å²) in [7, 11) is 0. The van der Waals surface area contributed by atoms with Crippen molar-refractivity contribution in [1.29, 1.82) is 0 Å². The van der Waals surface area contributed by atoms with Gasteiger partial charge >= 0.3 is 0 Å². The first kappa shape index (κ1) is 16.7. The Morgan fingerprint density at radius 2 is 1.48 bits per heavy atom. The van der Waals surface area contributed by atoms with E-state index in [1.807, 2.05) is 6.07 Å². The van der Waals surface area contributed by atoms with E-state index in [2.05, 4.69) is 10.6 Å². The molecule has 120 valence electrons. The third-order valence-corrected chi connectivity index (χ3v) is 3.40. The SMILES string of the molecule is CC(C)(NC(=O)[C@H](O)c1ccccc1)C(=O)Nc1ccccc1. The molecule has 2 amide bonds. The molecule has 1 atom stereocenters. The lowest BCUT2D eigenvalue weighted by Gasteiger charge is -2.26. The first-order valence-electron chi connectivity index (χ1n) is 7.32. The van der Waals surface area contributed by atoms with Crippen molar-refractivity contribution < 1.29 is 14.7 Å². The summed E-state index contributed by atoms with van der Waals surface area (Å²) in [5.74, 6) is -0.985. The molecule has 5 nitrogen and oxygen atoms in total. The second kappa shape index (κ2) is 7.07. The van der Waals surface area contributed by atoms with Crippen molar-refractivity contribution in [2.24, 2.45) is 0 Å². The number of carbonyl (C=O) groups excluding carboxylic acids is 2.